The number of rotatable bonds is 8. The van der Waals surface area contributed by atoms with Crippen LogP contribution >= 0.6 is 0 Å². The first kappa shape index (κ1) is 13.4. The van der Waals surface area contributed by atoms with Crippen molar-refractivity contribution in [3.8, 4) is 0 Å². The van der Waals surface area contributed by atoms with Crippen LogP contribution in [0, 0.1) is 0 Å². The Hall–Kier alpha value is -1.58. The van der Waals surface area contributed by atoms with E-state index in [1.165, 1.54) is 0 Å². The van der Waals surface area contributed by atoms with Crippen LogP contribution in [0.2, 0.25) is 0 Å². The van der Waals surface area contributed by atoms with E-state index < -0.39 is 11.9 Å². The van der Waals surface area contributed by atoms with E-state index in [9.17, 15) is 9.59 Å². The lowest BCUT2D eigenvalue weighted by molar-refractivity contribution is -0.167. The molecule has 0 saturated carbocycles. The fraction of sp³-hybridized carbons (Fsp3) is 0.455. The maximum absolute atomic E-state index is 10.9. The zero-order valence-corrected chi connectivity index (χ0v) is 8.74. The van der Waals surface area contributed by atoms with E-state index in [4.69, 9.17) is 0 Å². The number of ether oxygens (including phenoxy) is 2. The van der Waals surface area contributed by atoms with Crippen LogP contribution in [-0.4, -0.2) is 18.7 Å². The molecule has 0 aromatic carbocycles. The van der Waals surface area contributed by atoms with Gasteiger partial charge in [-0.2, -0.15) is 0 Å². The molecule has 0 aliphatic heterocycles. The molecular formula is C11H16O4. The first-order chi connectivity index (χ1) is 7.20. The van der Waals surface area contributed by atoms with Gasteiger partial charge in [0.2, 0.25) is 6.79 Å². The van der Waals surface area contributed by atoms with Crippen molar-refractivity contribution >= 4 is 11.9 Å². The van der Waals surface area contributed by atoms with Gasteiger partial charge >= 0.3 is 11.9 Å². The minimum Gasteiger partial charge on any atom is -0.428 e. The standard InChI is InChI=1S/C11H16O4/c1-3-5-7-10(12)14-9-15-11(13)8-6-4-2/h3-4H,1-2,5-9H2. The number of esters is 2. The molecule has 0 N–H and O–H groups in total. The average Bonchev–Trinajstić information content (AvgIpc) is 2.23. The fourth-order valence-electron chi connectivity index (χ4n) is 0.745. The Morgan fingerprint density at radius 1 is 0.933 bits per heavy atom. The summed E-state index contributed by atoms with van der Waals surface area (Å²) in [6.45, 7) is 6.63. The van der Waals surface area contributed by atoms with Gasteiger partial charge < -0.3 is 9.47 Å². The molecule has 0 saturated heterocycles. The largest absolute Gasteiger partial charge is 0.428 e. The molecule has 4 heteroatoms. The highest BCUT2D eigenvalue weighted by molar-refractivity contribution is 5.71. The van der Waals surface area contributed by atoms with Crippen molar-refractivity contribution in [3.05, 3.63) is 25.3 Å². The third-order valence-electron chi connectivity index (χ3n) is 1.54. The molecule has 0 amide bonds. The van der Waals surface area contributed by atoms with Crippen LogP contribution in [0.3, 0.4) is 0 Å². The normalized spacial score (nSPS) is 9.07. The Morgan fingerprint density at radius 3 is 1.67 bits per heavy atom. The molecule has 0 fully saturated rings. The molecule has 0 rings (SSSR count). The lowest BCUT2D eigenvalue weighted by Crippen LogP contribution is -2.12. The predicted molar refractivity (Wildman–Crippen MR) is 55.9 cm³/mol. The van der Waals surface area contributed by atoms with Gasteiger partial charge in [0.15, 0.2) is 0 Å². The summed E-state index contributed by atoms with van der Waals surface area (Å²) in [5, 5.41) is 0. The Bertz CT molecular complexity index is 209. The van der Waals surface area contributed by atoms with Gasteiger partial charge in [-0.15, -0.1) is 13.2 Å². The summed E-state index contributed by atoms with van der Waals surface area (Å²) < 4.78 is 9.28. The minimum atomic E-state index is -0.397. The van der Waals surface area contributed by atoms with Gasteiger partial charge in [0, 0.05) is 12.8 Å². The number of carbonyl (C=O) groups is 2. The second-order valence-electron chi connectivity index (χ2n) is 2.81. The van der Waals surface area contributed by atoms with E-state index in [1.807, 2.05) is 0 Å². The van der Waals surface area contributed by atoms with Crippen LogP contribution in [-0.2, 0) is 19.1 Å². The molecule has 0 spiro atoms. The quantitative estimate of drug-likeness (QED) is 0.350. The van der Waals surface area contributed by atoms with Gasteiger partial charge in [0.25, 0.3) is 0 Å². The number of hydrogen-bond donors (Lipinski definition) is 0. The zero-order valence-electron chi connectivity index (χ0n) is 8.74. The Balaban J connectivity index is 3.43. The molecular weight excluding hydrogens is 196 g/mol. The highest BCUT2D eigenvalue weighted by atomic mass is 16.7. The van der Waals surface area contributed by atoms with Crippen molar-refractivity contribution in [2.75, 3.05) is 6.79 Å². The molecule has 0 aliphatic carbocycles. The average molecular weight is 212 g/mol. The van der Waals surface area contributed by atoms with Crippen LogP contribution < -0.4 is 0 Å². The molecule has 0 aliphatic rings. The highest BCUT2D eigenvalue weighted by Crippen LogP contribution is 1.96. The third-order valence-corrected chi connectivity index (χ3v) is 1.54. The van der Waals surface area contributed by atoms with Gasteiger partial charge in [0.1, 0.15) is 0 Å². The van der Waals surface area contributed by atoms with E-state index in [2.05, 4.69) is 22.6 Å². The molecule has 0 atom stereocenters. The Labute approximate surface area is 89.6 Å². The van der Waals surface area contributed by atoms with E-state index in [0.717, 1.165) is 0 Å². The maximum atomic E-state index is 10.9. The van der Waals surface area contributed by atoms with Crippen molar-refractivity contribution in [2.45, 2.75) is 25.7 Å². The minimum absolute atomic E-state index is 0.258. The molecule has 84 valence electrons. The molecule has 15 heavy (non-hydrogen) atoms. The molecule has 0 aromatic heterocycles. The maximum Gasteiger partial charge on any atom is 0.308 e. The number of carbonyl (C=O) groups excluding carboxylic acids is 2. The molecule has 0 aromatic rings. The van der Waals surface area contributed by atoms with Gasteiger partial charge in [-0.3, -0.25) is 9.59 Å². The Kier molecular flexibility index (Phi) is 8.05. The second kappa shape index (κ2) is 8.99. The van der Waals surface area contributed by atoms with Crippen molar-refractivity contribution in [1.82, 2.24) is 0 Å². The molecule has 4 nitrogen and oxygen atoms in total. The Morgan fingerprint density at radius 2 is 1.33 bits per heavy atom. The first-order valence-corrected chi connectivity index (χ1v) is 4.73. The summed E-state index contributed by atoms with van der Waals surface area (Å²) in [4.78, 5) is 21.8. The summed E-state index contributed by atoms with van der Waals surface area (Å²) in [5.41, 5.74) is 0. The second-order valence-corrected chi connectivity index (χ2v) is 2.81. The zero-order chi connectivity index (χ0) is 11.5. The van der Waals surface area contributed by atoms with Crippen LogP contribution in [0.4, 0.5) is 0 Å². The van der Waals surface area contributed by atoms with Crippen LogP contribution in [0.15, 0.2) is 25.3 Å². The lowest BCUT2D eigenvalue weighted by Gasteiger charge is -2.04. The highest BCUT2D eigenvalue weighted by Gasteiger charge is 2.04. The third kappa shape index (κ3) is 8.74. The summed E-state index contributed by atoms with van der Waals surface area (Å²) in [5.74, 6) is -0.794. The van der Waals surface area contributed by atoms with E-state index in [-0.39, 0.29) is 19.6 Å². The summed E-state index contributed by atoms with van der Waals surface area (Å²) in [6.07, 6.45) is 4.88. The van der Waals surface area contributed by atoms with Gasteiger partial charge in [0.05, 0.1) is 0 Å². The van der Waals surface area contributed by atoms with E-state index in [0.29, 0.717) is 12.8 Å². The lowest BCUT2D eigenvalue weighted by atomic mass is 10.3. The first-order valence-electron chi connectivity index (χ1n) is 4.73. The topological polar surface area (TPSA) is 52.6 Å². The number of allylic oxidation sites excluding steroid dienone is 2. The summed E-state index contributed by atoms with van der Waals surface area (Å²) in [6, 6.07) is 0. The predicted octanol–water partition coefficient (Wildman–Crippen LogP) is 1.96. The molecule has 0 heterocycles. The molecule has 0 radical (unpaired) electrons. The molecule has 0 unspecified atom stereocenters. The van der Waals surface area contributed by atoms with E-state index >= 15 is 0 Å². The number of hydrogen-bond acceptors (Lipinski definition) is 4. The van der Waals surface area contributed by atoms with E-state index in [1.54, 1.807) is 12.2 Å². The monoisotopic (exact) mass is 212 g/mol. The summed E-state index contributed by atoms with van der Waals surface area (Å²) >= 11 is 0. The fourth-order valence-corrected chi connectivity index (χ4v) is 0.745. The summed E-state index contributed by atoms with van der Waals surface area (Å²) in [7, 11) is 0. The van der Waals surface area contributed by atoms with Crippen LogP contribution in [0.25, 0.3) is 0 Å². The van der Waals surface area contributed by atoms with Gasteiger partial charge in [-0.25, -0.2) is 0 Å². The van der Waals surface area contributed by atoms with Crippen molar-refractivity contribution in [2.24, 2.45) is 0 Å². The molecule has 0 bridgehead atoms. The van der Waals surface area contributed by atoms with Gasteiger partial charge in [-0.05, 0) is 12.8 Å². The van der Waals surface area contributed by atoms with Gasteiger partial charge in [-0.1, -0.05) is 12.2 Å². The van der Waals surface area contributed by atoms with Crippen molar-refractivity contribution in [1.29, 1.82) is 0 Å². The van der Waals surface area contributed by atoms with Crippen molar-refractivity contribution in [3.63, 3.8) is 0 Å². The smallest absolute Gasteiger partial charge is 0.308 e. The SMILES string of the molecule is C=CCCC(=O)OCOC(=O)CCC=C. The van der Waals surface area contributed by atoms with Crippen LogP contribution in [0.1, 0.15) is 25.7 Å². The van der Waals surface area contributed by atoms with Crippen LogP contribution in [0.5, 0.6) is 0 Å². The van der Waals surface area contributed by atoms with Crippen molar-refractivity contribution < 1.29 is 19.1 Å².